The third-order valence-electron chi connectivity index (χ3n) is 4.03. The van der Waals surface area contributed by atoms with Crippen LogP contribution in [-0.4, -0.2) is 35.9 Å². The van der Waals surface area contributed by atoms with Gasteiger partial charge in [-0.25, -0.2) is 0 Å². The number of hydrogen-bond acceptors (Lipinski definition) is 5. The van der Waals surface area contributed by atoms with E-state index in [1.807, 2.05) is 36.4 Å². The first kappa shape index (κ1) is 16.0. The van der Waals surface area contributed by atoms with Crippen molar-refractivity contribution in [3.05, 3.63) is 54.6 Å². The number of hydrogen-bond donors (Lipinski definition) is 2. The second-order valence-electron chi connectivity index (χ2n) is 5.72. The van der Waals surface area contributed by atoms with Crippen molar-refractivity contribution in [2.24, 2.45) is 0 Å². The van der Waals surface area contributed by atoms with Crippen LogP contribution in [0.1, 0.15) is 0 Å². The standard InChI is InChI=1S/C19H17N3O4/c1-24-14-7-3-2-6-12(14)13-10-18(22-21-13)20-19(23)17-11-25-15-8-4-5-9-16(15)26-17/h2-10,17H,11H2,1H3,(H2,20,21,22,23)/t17-/m0/s1. The number of carbonyl (C=O) groups excluding carboxylic acids is 1. The van der Waals surface area contributed by atoms with Crippen LogP contribution in [0.4, 0.5) is 5.82 Å². The van der Waals surface area contributed by atoms with Gasteiger partial charge in [0.1, 0.15) is 12.4 Å². The highest BCUT2D eigenvalue weighted by molar-refractivity contribution is 5.94. The Kier molecular flexibility index (Phi) is 4.18. The number of carbonyl (C=O) groups is 1. The third kappa shape index (κ3) is 3.06. The number of anilines is 1. The van der Waals surface area contributed by atoms with Crippen LogP contribution in [-0.2, 0) is 4.79 Å². The summed E-state index contributed by atoms with van der Waals surface area (Å²) in [6.07, 6.45) is -0.740. The van der Waals surface area contributed by atoms with Gasteiger partial charge in [-0.2, -0.15) is 5.10 Å². The summed E-state index contributed by atoms with van der Waals surface area (Å²) in [5, 5.41) is 9.79. The first-order valence-electron chi connectivity index (χ1n) is 8.13. The van der Waals surface area contributed by atoms with Gasteiger partial charge in [0.25, 0.3) is 5.91 Å². The van der Waals surface area contributed by atoms with E-state index in [0.717, 1.165) is 17.0 Å². The molecule has 2 N–H and O–H groups in total. The zero-order valence-corrected chi connectivity index (χ0v) is 14.1. The van der Waals surface area contributed by atoms with E-state index in [4.69, 9.17) is 14.2 Å². The molecule has 1 aromatic heterocycles. The maximum Gasteiger partial charge on any atom is 0.270 e. The number of H-pyrrole nitrogens is 1. The second-order valence-corrected chi connectivity index (χ2v) is 5.72. The predicted octanol–water partition coefficient (Wildman–Crippen LogP) is 2.86. The molecule has 2 heterocycles. The maximum atomic E-state index is 12.5. The van der Waals surface area contributed by atoms with Gasteiger partial charge >= 0.3 is 0 Å². The summed E-state index contributed by atoms with van der Waals surface area (Å²) in [5.74, 6) is 1.98. The monoisotopic (exact) mass is 351 g/mol. The van der Waals surface area contributed by atoms with E-state index >= 15 is 0 Å². The molecule has 1 amide bonds. The molecule has 4 rings (SSSR count). The van der Waals surface area contributed by atoms with E-state index in [0.29, 0.717) is 17.3 Å². The zero-order chi connectivity index (χ0) is 17.9. The molecule has 1 atom stereocenters. The van der Waals surface area contributed by atoms with Crippen LogP contribution in [0.25, 0.3) is 11.3 Å². The summed E-state index contributed by atoms with van der Waals surface area (Å²) >= 11 is 0. The van der Waals surface area contributed by atoms with Crippen molar-refractivity contribution in [2.75, 3.05) is 19.0 Å². The Hall–Kier alpha value is -3.48. The van der Waals surface area contributed by atoms with Crippen LogP contribution in [0.5, 0.6) is 17.2 Å². The lowest BCUT2D eigenvalue weighted by atomic mass is 10.1. The highest BCUT2D eigenvalue weighted by atomic mass is 16.6. The highest BCUT2D eigenvalue weighted by Gasteiger charge is 2.27. The number of nitrogens with zero attached hydrogens (tertiary/aromatic N) is 1. The lowest BCUT2D eigenvalue weighted by Crippen LogP contribution is -2.40. The number of amides is 1. The molecule has 2 aromatic carbocycles. The van der Waals surface area contributed by atoms with Crippen LogP contribution in [0, 0.1) is 0 Å². The molecule has 3 aromatic rings. The topological polar surface area (TPSA) is 85.5 Å². The fourth-order valence-electron chi connectivity index (χ4n) is 2.75. The first-order chi connectivity index (χ1) is 12.7. The average molecular weight is 351 g/mol. The van der Waals surface area contributed by atoms with Crippen molar-refractivity contribution in [2.45, 2.75) is 6.10 Å². The van der Waals surface area contributed by atoms with Gasteiger partial charge in [-0.15, -0.1) is 0 Å². The third-order valence-corrected chi connectivity index (χ3v) is 4.03. The van der Waals surface area contributed by atoms with Gasteiger partial charge in [-0.3, -0.25) is 9.89 Å². The zero-order valence-electron chi connectivity index (χ0n) is 14.1. The fraction of sp³-hybridized carbons (Fsp3) is 0.158. The van der Waals surface area contributed by atoms with Gasteiger partial charge in [0.15, 0.2) is 17.3 Å². The molecular weight excluding hydrogens is 334 g/mol. The summed E-state index contributed by atoms with van der Waals surface area (Å²) < 4.78 is 16.6. The smallest absolute Gasteiger partial charge is 0.270 e. The molecule has 26 heavy (non-hydrogen) atoms. The first-order valence-corrected chi connectivity index (χ1v) is 8.13. The fourth-order valence-corrected chi connectivity index (χ4v) is 2.75. The van der Waals surface area contributed by atoms with Gasteiger partial charge in [0.05, 0.1) is 12.8 Å². The lowest BCUT2D eigenvalue weighted by molar-refractivity contribution is -0.125. The number of para-hydroxylation sites is 3. The van der Waals surface area contributed by atoms with Crippen LogP contribution >= 0.6 is 0 Å². The quantitative estimate of drug-likeness (QED) is 0.755. The maximum absolute atomic E-state index is 12.5. The average Bonchev–Trinajstić information content (AvgIpc) is 3.15. The lowest BCUT2D eigenvalue weighted by Gasteiger charge is -2.25. The summed E-state index contributed by atoms with van der Waals surface area (Å²) in [6.45, 7) is 0.145. The normalized spacial score (nSPS) is 15.3. The van der Waals surface area contributed by atoms with Gasteiger partial charge in [-0.05, 0) is 24.3 Å². The molecule has 7 nitrogen and oxygen atoms in total. The van der Waals surface area contributed by atoms with Crippen molar-refractivity contribution in [3.63, 3.8) is 0 Å². The number of ether oxygens (including phenoxy) is 3. The summed E-state index contributed by atoms with van der Waals surface area (Å²) in [7, 11) is 1.61. The minimum Gasteiger partial charge on any atom is -0.496 e. The van der Waals surface area contributed by atoms with Gasteiger partial charge in [0, 0.05) is 11.6 Å². The van der Waals surface area contributed by atoms with Gasteiger partial charge in [-0.1, -0.05) is 24.3 Å². The van der Waals surface area contributed by atoms with Crippen molar-refractivity contribution in [1.29, 1.82) is 0 Å². The van der Waals surface area contributed by atoms with Crippen LogP contribution < -0.4 is 19.5 Å². The van der Waals surface area contributed by atoms with Gasteiger partial charge < -0.3 is 19.5 Å². The Labute approximate surface area is 149 Å². The molecule has 0 fully saturated rings. The van der Waals surface area contributed by atoms with Crippen molar-refractivity contribution in [3.8, 4) is 28.5 Å². The minimum absolute atomic E-state index is 0.145. The number of aromatic amines is 1. The van der Waals surface area contributed by atoms with E-state index in [2.05, 4.69) is 15.5 Å². The molecule has 132 valence electrons. The minimum atomic E-state index is -0.740. The van der Waals surface area contributed by atoms with E-state index in [-0.39, 0.29) is 12.5 Å². The molecule has 0 saturated heterocycles. The molecule has 7 heteroatoms. The highest BCUT2D eigenvalue weighted by Crippen LogP contribution is 2.32. The number of methoxy groups -OCH3 is 1. The molecule has 0 radical (unpaired) electrons. The Morgan fingerprint density at radius 3 is 2.81 bits per heavy atom. The number of aromatic nitrogens is 2. The predicted molar refractivity (Wildman–Crippen MR) is 95.6 cm³/mol. The summed E-state index contributed by atoms with van der Waals surface area (Å²) in [4.78, 5) is 12.5. The molecule has 0 unspecified atom stereocenters. The van der Waals surface area contributed by atoms with Crippen LogP contribution in [0.2, 0.25) is 0 Å². The Balaban J connectivity index is 1.47. The molecule has 0 bridgehead atoms. The summed E-state index contributed by atoms with van der Waals surface area (Å²) in [6, 6.07) is 16.6. The van der Waals surface area contributed by atoms with E-state index in [9.17, 15) is 4.79 Å². The van der Waals surface area contributed by atoms with Crippen molar-refractivity contribution >= 4 is 11.7 Å². The molecule has 0 spiro atoms. The second kappa shape index (κ2) is 6.79. The number of rotatable bonds is 4. The largest absolute Gasteiger partial charge is 0.496 e. The van der Waals surface area contributed by atoms with Crippen molar-refractivity contribution in [1.82, 2.24) is 10.2 Å². The molecule has 1 aliphatic rings. The Morgan fingerprint density at radius 1 is 1.19 bits per heavy atom. The number of benzene rings is 2. The van der Waals surface area contributed by atoms with Crippen LogP contribution in [0.3, 0.4) is 0 Å². The molecule has 0 saturated carbocycles. The van der Waals surface area contributed by atoms with Crippen LogP contribution in [0.15, 0.2) is 54.6 Å². The van der Waals surface area contributed by atoms with E-state index < -0.39 is 6.10 Å². The number of nitrogens with one attached hydrogen (secondary N) is 2. The SMILES string of the molecule is COc1ccccc1-c1cc(NC(=O)[C@@H]2COc3ccccc3O2)n[nH]1. The molecule has 1 aliphatic heterocycles. The number of fused-ring (bicyclic) bond motifs is 1. The van der Waals surface area contributed by atoms with Crippen molar-refractivity contribution < 1.29 is 19.0 Å². The molecular formula is C19H17N3O4. The Morgan fingerprint density at radius 2 is 1.96 bits per heavy atom. The van der Waals surface area contributed by atoms with E-state index in [1.54, 1.807) is 25.3 Å². The summed E-state index contributed by atoms with van der Waals surface area (Å²) in [5.41, 5.74) is 1.60. The van der Waals surface area contributed by atoms with E-state index in [1.165, 1.54) is 0 Å². The van der Waals surface area contributed by atoms with Gasteiger partial charge in [0.2, 0.25) is 6.10 Å². The molecule has 0 aliphatic carbocycles. The Bertz CT molecular complexity index is 938.